The monoisotopic (exact) mass is 379 g/mol. The molecule has 0 heterocycles. The number of carbonyl (C=O) groups excluding carboxylic acids is 1. The highest BCUT2D eigenvalue weighted by atomic mass is 19.1. The van der Waals surface area contributed by atoms with Crippen molar-refractivity contribution in [2.24, 2.45) is 0 Å². The molecule has 28 heavy (non-hydrogen) atoms. The van der Waals surface area contributed by atoms with E-state index in [-0.39, 0.29) is 24.4 Å². The molecule has 144 valence electrons. The number of hydrogen-bond donors (Lipinski definition) is 1. The molecule has 0 aromatic heterocycles. The van der Waals surface area contributed by atoms with Gasteiger partial charge in [-0.1, -0.05) is 60.7 Å². The summed E-state index contributed by atoms with van der Waals surface area (Å²) in [7, 11) is 0. The fraction of sp³-hybridized carbons (Fsp3) is 0.174. The maximum absolute atomic E-state index is 13.3. The van der Waals surface area contributed by atoms with E-state index in [9.17, 15) is 9.18 Å². The number of amides is 1. The fourth-order valence-corrected chi connectivity index (χ4v) is 2.76. The highest BCUT2D eigenvalue weighted by molar-refractivity contribution is 5.78. The molecule has 3 aromatic rings. The molecular weight excluding hydrogens is 357 g/mol. The summed E-state index contributed by atoms with van der Waals surface area (Å²) < 4.78 is 24.2. The molecule has 0 saturated carbocycles. The molecule has 1 N–H and O–H groups in total. The SMILES string of the molecule is O=C(COCCOc1ccccc1)NC(c1ccccc1)c1ccc(F)cc1. The number of carbonyl (C=O) groups is 1. The summed E-state index contributed by atoms with van der Waals surface area (Å²) in [6.07, 6.45) is 0. The van der Waals surface area contributed by atoms with E-state index < -0.39 is 0 Å². The maximum Gasteiger partial charge on any atom is 0.246 e. The highest BCUT2D eigenvalue weighted by Crippen LogP contribution is 2.22. The molecule has 0 bridgehead atoms. The van der Waals surface area contributed by atoms with Gasteiger partial charge in [-0.2, -0.15) is 0 Å². The second-order valence-corrected chi connectivity index (χ2v) is 6.18. The van der Waals surface area contributed by atoms with E-state index in [0.717, 1.165) is 16.9 Å². The van der Waals surface area contributed by atoms with Crippen LogP contribution in [0, 0.1) is 5.82 Å². The lowest BCUT2D eigenvalue weighted by Gasteiger charge is -2.20. The summed E-state index contributed by atoms with van der Waals surface area (Å²) in [6, 6.07) is 24.7. The first-order valence-electron chi connectivity index (χ1n) is 9.08. The second-order valence-electron chi connectivity index (χ2n) is 6.18. The van der Waals surface area contributed by atoms with Gasteiger partial charge in [0.05, 0.1) is 12.6 Å². The number of halogens is 1. The maximum atomic E-state index is 13.3. The van der Waals surface area contributed by atoms with Gasteiger partial charge in [-0.3, -0.25) is 4.79 Å². The predicted molar refractivity (Wildman–Crippen MR) is 106 cm³/mol. The smallest absolute Gasteiger partial charge is 0.246 e. The minimum Gasteiger partial charge on any atom is -0.491 e. The number of benzene rings is 3. The Morgan fingerprint density at radius 2 is 1.43 bits per heavy atom. The zero-order valence-electron chi connectivity index (χ0n) is 15.4. The van der Waals surface area contributed by atoms with Crippen molar-refractivity contribution in [3.63, 3.8) is 0 Å². The van der Waals surface area contributed by atoms with Gasteiger partial charge in [0, 0.05) is 0 Å². The van der Waals surface area contributed by atoms with Crippen LogP contribution in [0.25, 0.3) is 0 Å². The Morgan fingerprint density at radius 1 is 0.821 bits per heavy atom. The molecule has 1 unspecified atom stereocenters. The minimum absolute atomic E-state index is 0.0807. The minimum atomic E-state index is -0.376. The van der Waals surface area contributed by atoms with Gasteiger partial charge in [-0.25, -0.2) is 4.39 Å². The van der Waals surface area contributed by atoms with Crippen molar-refractivity contribution in [2.75, 3.05) is 19.8 Å². The topological polar surface area (TPSA) is 47.6 Å². The van der Waals surface area contributed by atoms with Crippen molar-refractivity contribution in [1.29, 1.82) is 0 Å². The molecule has 0 saturated heterocycles. The lowest BCUT2D eigenvalue weighted by atomic mass is 9.98. The molecule has 0 aliphatic heterocycles. The molecule has 4 nitrogen and oxygen atoms in total. The summed E-state index contributed by atoms with van der Waals surface area (Å²) >= 11 is 0. The lowest BCUT2D eigenvalue weighted by molar-refractivity contribution is -0.126. The average molecular weight is 379 g/mol. The normalized spacial score (nSPS) is 11.6. The van der Waals surface area contributed by atoms with Gasteiger partial charge >= 0.3 is 0 Å². The van der Waals surface area contributed by atoms with Crippen LogP contribution in [-0.2, 0) is 9.53 Å². The quantitative estimate of drug-likeness (QED) is 0.569. The van der Waals surface area contributed by atoms with Crippen LogP contribution in [0.2, 0.25) is 0 Å². The predicted octanol–water partition coefficient (Wildman–Crippen LogP) is 4.13. The number of nitrogens with one attached hydrogen (secondary N) is 1. The summed E-state index contributed by atoms with van der Waals surface area (Å²) in [5.74, 6) is 0.192. The molecule has 1 amide bonds. The summed E-state index contributed by atoms with van der Waals surface area (Å²) in [5, 5.41) is 2.95. The molecule has 0 aliphatic carbocycles. The lowest BCUT2D eigenvalue weighted by Crippen LogP contribution is -2.32. The van der Waals surface area contributed by atoms with Crippen molar-refractivity contribution in [1.82, 2.24) is 5.32 Å². The molecule has 0 radical (unpaired) electrons. The molecule has 3 rings (SSSR count). The Labute approximate surface area is 163 Å². The van der Waals surface area contributed by atoms with Gasteiger partial charge in [0.1, 0.15) is 24.8 Å². The van der Waals surface area contributed by atoms with E-state index in [2.05, 4.69) is 5.32 Å². The van der Waals surface area contributed by atoms with Crippen LogP contribution in [0.1, 0.15) is 17.2 Å². The van der Waals surface area contributed by atoms with Gasteiger partial charge in [-0.15, -0.1) is 0 Å². The largest absolute Gasteiger partial charge is 0.491 e. The Balaban J connectivity index is 1.52. The van der Waals surface area contributed by atoms with Crippen LogP contribution in [0.3, 0.4) is 0 Å². The zero-order chi connectivity index (χ0) is 19.6. The molecule has 5 heteroatoms. The first kappa shape index (κ1) is 19.6. The summed E-state index contributed by atoms with van der Waals surface area (Å²) in [6.45, 7) is 0.578. The number of rotatable bonds is 9. The Hall–Kier alpha value is -3.18. The Bertz CT molecular complexity index is 854. The average Bonchev–Trinajstić information content (AvgIpc) is 2.74. The van der Waals surface area contributed by atoms with E-state index in [0.29, 0.717) is 13.2 Å². The molecular formula is C23H22FNO3. The third kappa shape index (κ3) is 5.93. The fourth-order valence-electron chi connectivity index (χ4n) is 2.76. The van der Waals surface area contributed by atoms with Crippen LogP contribution >= 0.6 is 0 Å². The van der Waals surface area contributed by atoms with Gasteiger partial charge in [0.2, 0.25) is 5.91 Å². The van der Waals surface area contributed by atoms with Gasteiger partial charge < -0.3 is 14.8 Å². The van der Waals surface area contributed by atoms with Crippen LogP contribution in [0.5, 0.6) is 5.75 Å². The third-order valence-corrected chi connectivity index (χ3v) is 4.11. The molecule has 3 aromatic carbocycles. The second kappa shape index (κ2) is 10.2. The van der Waals surface area contributed by atoms with Crippen molar-refractivity contribution >= 4 is 5.91 Å². The number of ether oxygens (including phenoxy) is 2. The van der Waals surface area contributed by atoms with Gasteiger partial charge in [-0.05, 0) is 35.4 Å². The van der Waals surface area contributed by atoms with Gasteiger partial charge in [0.25, 0.3) is 0 Å². The van der Waals surface area contributed by atoms with E-state index in [1.807, 2.05) is 60.7 Å². The molecule has 0 aliphatic rings. The van der Waals surface area contributed by atoms with E-state index in [1.165, 1.54) is 12.1 Å². The van der Waals surface area contributed by atoms with Crippen molar-refractivity contribution in [2.45, 2.75) is 6.04 Å². The molecule has 0 spiro atoms. The van der Waals surface area contributed by atoms with E-state index in [4.69, 9.17) is 9.47 Å². The van der Waals surface area contributed by atoms with Crippen LogP contribution in [-0.4, -0.2) is 25.7 Å². The van der Waals surface area contributed by atoms with Crippen molar-refractivity contribution in [3.05, 3.63) is 102 Å². The van der Waals surface area contributed by atoms with Crippen LogP contribution in [0.15, 0.2) is 84.9 Å². The van der Waals surface area contributed by atoms with Crippen molar-refractivity contribution < 1.29 is 18.7 Å². The molecule has 1 atom stereocenters. The van der Waals surface area contributed by atoms with Gasteiger partial charge in [0.15, 0.2) is 0 Å². The zero-order valence-corrected chi connectivity index (χ0v) is 15.4. The summed E-state index contributed by atoms with van der Waals surface area (Å²) in [4.78, 5) is 12.3. The van der Waals surface area contributed by atoms with E-state index >= 15 is 0 Å². The summed E-state index contributed by atoms with van der Waals surface area (Å²) in [5.41, 5.74) is 1.71. The number of hydrogen-bond acceptors (Lipinski definition) is 3. The first-order valence-corrected chi connectivity index (χ1v) is 9.08. The Kier molecular flexibility index (Phi) is 7.15. The number of para-hydroxylation sites is 1. The van der Waals surface area contributed by atoms with Crippen LogP contribution < -0.4 is 10.1 Å². The third-order valence-electron chi connectivity index (χ3n) is 4.11. The standard InChI is InChI=1S/C23H22FNO3/c24-20-13-11-19(12-14-20)23(18-7-3-1-4-8-18)25-22(26)17-27-15-16-28-21-9-5-2-6-10-21/h1-14,23H,15-17H2,(H,25,26). The van der Waals surface area contributed by atoms with E-state index in [1.54, 1.807) is 12.1 Å². The molecule has 0 fully saturated rings. The van der Waals surface area contributed by atoms with Crippen molar-refractivity contribution in [3.8, 4) is 5.75 Å². The first-order chi connectivity index (χ1) is 13.7. The Morgan fingerprint density at radius 3 is 2.11 bits per heavy atom. The van der Waals surface area contributed by atoms with Crippen LogP contribution in [0.4, 0.5) is 4.39 Å². The highest BCUT2D eigenvalue weighted by Gasteiger charge is 2.16.